The number of hydrogen-bond donors (Lipinski definition) is 3. The van der Waals surface area contributed by atoms with Crippen LogP contribution >= 0.6 is 24.0 Å². The molecular weight excluding hydrogens is 441 g/mol. The van der Waals surface area contributed by atoms with Crippen LogP contribution in [0.1, 0.15) is 38.7 Å². The van der Waals surface area contributed by atoms with E-state index >= 15 is 0 Å². The van der Waals surface area contributed by atoms with Gasteiger partial charge < -0.3 is 16.0 Å². The predicted molar refractivity (Wildman–Crippen MR) is 120 cm³/mol. The standard InChI is InChI=1S/C19H31N5O.HI/c1-5-24(6-2)14(3)12-21-19(20-4)22-13-15-11-18(25)23-17-10-8-7-9-16(15)17;/h7-10,14-15H,5-6,11-13H2,1-4H3,(H,23,25)(H2,20,21,22);1H. The fraction of sp³-hybridized carbons (Fsp3) is 0.579. The lowest BCUT2D eigenvalue weighted by atomic mass is 9.90. The number of fused-ring (bicyclic) bond motifs is 1. The molecule has 1 aromatic rings. The summed E-state index contributed by atoms with van der Waals surface area (Å²) in [6.45, 7) is 10.2. The summed E-state index contributed by atoms with van der Waals surface area (Å²) in [5.74, 6) is 1.01. The van der Waals surface area contributed by atoms with Gasteiger partial charge in [-0.25, -0.2) is 0 Å². The second-order valence-electron chi connectivity index (χ2n) is 6.44. The Bertz CT molecular complexity index is 603. The minimum Gasteiger partial charge on any atom is -0.356 e. The average Bonchev–Trinajstić information content (AvgIpc) is 2.62. The minimum absolute atomic E-state index is 0. The number of likely N-dealkylation sites (N-methyl/N-ethyl adjacent to an activating group) is 1. The Morgan fingerprint density at radius 2 is 2.00 bits per heavy atom. The van der Waals surface area contributed by atoms with Crippen LogP contribution in [0, 0.1) is 0 Å². The monoisotopic (exact) mass is 473 g/mol. The number of nitrogens with zero attached hydrogens (tertiary/aromatic N) is 2. The van der Waals surface area contributed by atoms with Gasteiger partial charge in [0, 0.05) is 44.2 Å². The van der Waals surface area contributed by atoms with E-state index in [1.165, 1.54) is 5.56 Å². The Balaban J connectivity index is 0.00000338. The predicted octanol–water partition coefficient (Wildman–Crippen LogP) is 2.63. The third kappa shape index (κ3) is 6.12. The van der Waals surface area contributed by atoms with Crippen molar-refractivity contribution in [3.63, 3.8) is 0 Å². The number of benzene rings is 1. The van der Waals surface area contributed by atoms with Crippen LogP contribution in [-0.4, -0.2) is 56.0 Å². The fourth-order valence-electron chi connectivity index (χ4n) is 3.34. The Morgan fingerprint density at radius 1 is 1.31 bits per heavy atom. The lowest BCUT2D eigenvalue weighted by Gasteiger charge is -2.28. The molecule has 2 rings (SSSR count). The van der Waals surface area contributed by atoms with Gasteiger partial charge in [-0.1, -0.05) is 32.0 Å². The summed E-state index contributed by atoms with van der Waals surface area (Å²) >= 11 is 0. The molecule has 0 aliphatic carbocycles. The van der Waals surface area contributed by atoms with Gasteiger partial charge in [-0.15, -0.1) is 24.0 Å². The summed E-state index contributed by atoms with van der Waals surface area (Å²) in [5.41, 5.74) is 2.10. The number of carbonyl (C=O) groups excluding carboxylic acids is 1. The van der Waals surface area contributed by atoms with Crippen molar-refractivity contribution in [2.75, 3.05) is 38.5 Å². The van der Waals surface area contributed by atoms with Crippen LogP contribution in [0.4, 0.5) is 5.69 Å². The van der Waals surface area contributed by atoms with Crippen LogP contribution < -0.4 is 16.0 Å². The van der Waals surface area contributed by atoms with E-state index in [0.29, 0.717) is 19.0 Å². The number of para-hydroxylation sites is 1. The van der Waals surface area contributed by atoms with E-state index in [9.17, 15) is 4.79 Å². The third-order valence-corrected chi connectivity index (χ3v) is 4.85. The number of amides is 1. The molecule has 1 aliphatic rings. The van der Waals surface area contributed by atoms with E-state index in [2.05, 4.69) is 52.7 Å². The highest BCUT2D eigenvalue weighted by atomic mass is 127. The molecule has 2 unspecified atom stereocenters. The second kappa shape index (κ2) is 11.4. The average molecular weight is 473 g/mol. The molecule has 146 valence electrons. The minimum atomic E-state index is 0. The number of rotatable bonds is 7. The van der Waals surface area contributed by atoms with Crippen LogP contribution in [0.5, 0.6) is 0 Å². The molecule has 0 saturated carbocycles. The Kier molecular flexibility index (Phi) is 9.93. The summed E-state index contributed by atoms with van der Waals surface area (Å²) in [5, 5.41) is 9.70. The lowest BCUT2D eigenvalue weighted by molar-refractivity contribution is -0.116. The first-order chi connectivity index (χ1) is 12.1. The second-order valence-corrected chi connectivity index (χ2v) is 6.44. The molecule has 1 amide bonds. The van der Waals surface area contributed by atoms with E-state index in [1.54, 1.807) is 7.05 Å². The SMILES string of the molecule is CCN(CC)C(C)CNC(=NC)NCC1CC(=O)Nc2ccccc21.I. The molecule has 0 bridgehead atoms. The zero-order chi connectivity index (χ0) is 18.2. The molecule has 1 aromatic carbocycles. The first-order valence-corrected chi connectivity index (χ1v) is 9.16. The molecule has 0 fully saturated rings. The van der Waals surface area contributed by atoms with Crippen molar-refractivity contribution in [2.24, 2.45) is 4.99 Å². The van der Waals surface area contributed by atoms with Gasteiger partial charge in [-0.3, -0.25) is 14.7 Å². The smallest absolute Gasteiger partial charge is 0.225 e. The van der Waals surface area contributed by atoms with Gasteiger partial charge in [0.15, 0.2) is 5.96 Å². The van der Waals surface area contributed by atoms with Gasteiger partial charge in [0.25, 0.3) is 0 Å². The summed E-state index contributed by atoms with van der Waals surface area (Å²) in [6, 6.07) is 8.44. The van der Waals surface area contributed by atoms with Crippen molar-refractivity contribution in [2.45, 2.75) is 39.2 Å². The summed E-state index contributed by atoms with van der Waals surface area (Å²) in [7, 11) is 1.78. The molecule has 6 nitrogen and oxygen atoms in total. The zero-order valence-electron chi connectivity index (χ0n) is 16.2. The summed E-state index contributed by atoms with van der Waals surface area (Å²) in [6.07, 6.45) is 0.497. The highest BCUT2D eigenvalue weighted by Crippen LogP contribution is 2.31. The zero-order valence-corrected chi connectivity index (χ0v) is 18.5. The van der Waals surface area contributed by atoms with Crippen LogP contribution in [0.15, 0.2) is 29.3 Å². The van der Waals surface area contributed by atoms with Crippen molar-refractivity contribution in [3.8, 4) is 0 Å². The molecule has 7 heteroatoms. The quantitative estimate of drug-likeness (QED) is 0.324. The number of carbonyl (C=O) groups is 1. The van der Waals surface area contributed by atoms with Crippen molar-refractivity contribution in [1.82, 2.24) is 15.5 Å². The van der Waals surface area contributed by atoms with Crippen molar-refractivity contribution in [3.05, 3.63) is 29.8 Å². The Hall–Kier alpha value is -1.35. The van der Waals surface area contributed by atoms with Gasteiger partial charge in [0.05, 0.1) is 0 Å². The van der Waals surface area contributed by atoms with E-state index in [1.807, 2.05) is 18.2 Å². The van der Waals surface area contributed by atoms with Crippen LogP contribution in [-0.2, 0) is 4.79 Å². The number of anilines is 1. The molecule has 26 heavy (non-hydrogen) atoms. The van der Waals surface area contributed by atoms with Gasteiger partial charge in [0.2, 0.25) is 5.91 Å². The molecule has 1 heterocycles. The fourth-order valence-corrected chi connectivity index (χ4v) is 3.34. The number of halogens is 1. The highest BCUT2D eigenvalue weighted by molar-refractivity contribution is 14.0. The summed E-state index contributed by atoms with van der Waals surface area (Å²) in [4.78, 5) is 18.6. The van der Waals surface area contributed by atoms with E-state index in [0.717, 1.165) is 31.3 Å². The van der Waals surface area contributed by atoms with Gasteiger partial charge >= 0.3 is 0 Å². The number of hydrogen-bond acceptors (Lipinski definition) is 3. The van der Waals surface area contributed by atoms with Crippen molar-refractivity contribution in [1.29, 1.82) is 0 Å². The van der Waals surface area contributed by atoms with Crippen LogP contribution in [0.3, 0.4) is 0 Å². The normalized spacial score (nSPS) is 17.8. The number of aliphatic imine (C=N–C) groups is 1. The Labute approximate surface area is 174 Å². The molecule has 0 aromatic heterocycles. The maximum atomic E-state index is 11.9. The molecule has 0 spiro atoms. The molecule has 0 radical (unpaired) electrons. The van der Waals surface area contributed by atoms with Gasteiger partial charge in [-0.05, 0) is 31.6 Å². The molecule has 2 atom stereocenters. The molecular formula is C19H32IN5O. The van der Waals surface area contributed by atoms with Crippen molar-refractivity contribution >= 4 is 41.5 Å². The molecule has 3 N–H and O–H groups in total. The van der Waals surface area contributed by atoms with Crippen LogP contribution in [0.25, 0.3) is 0 Å². The van der Waals surface area contributed by atoms with Crippen LogP contribution in [0.2, 0.25) is 0 Å². The van der Waals surface area contributed by atoms with Gasteiger partial charge in [0.1, 0.15) is 0 Å². The third-order valence-electron chi connectivity index (χ3n) is 4.85. The van der Waals surface area contributed by atoms with E-state index < -0.39 is 0 Å². The van der Waals surface area contributed by atoms with E-state index in [-0.39, 0.29) is 35.8 Å². The molecule has 1 aliphatic heterocycles. The first kappa shape index (κ1) is 22.7. The molecule has 0 saturated heterocycles. The largest absolute Gasteiger partial charge is 0.356 e. The van der Waals surface area contributed by atoms with Crippen molar-refractivity contribution < 1.29 is 4.79 Å². The maximum Gasteiger partial charge on any atom is 0.225 e. The van der Waals surface area contributed by atoms with Gasteiger partial charge in [-0.2, -0.15) is 0 Å². The first-order valence-electron chi connectivity index (χ1n) is 9.16. The van der Waals surface area contributed by atoms with E-state index in [4.69, 9.17) is 0 Å². The maximum absolute atomic E-state index is 11.9. The Morgan fingerprint density at radius 3 is 2.65 bits per heavy atom. The number of nitrogens with one attached hydrogen (secondary N) is 3. The summed E-state index contributed by atoms with van der Waals surface area (Å²) < 4.78 is 0. The lowest BCUT2D eigenvalue weighted by Crippen LogP contribution is -2.47. The number of guanidine groups is 1. The topological polar surface area (TPSA) is 68.8 Å². The highest BCUT2D eigenvalue weighted by Gasteiger charge is 2.24.